The van der Waals surface area contributed by atoms with Gasteiger partial charge < -0.3 is 10.5 Å². The fourth-order valence-electron chi connectivity index (χ4n) is 2.21. The summed E-state index contributed by atoms with van der Waals surface area (Å²) in [6.45, 7) is 4.33. The predicted molar refractivity (Wildman–Crippen MR) is 91.1 cm³/mol. The highest BCUT2D eigenvalue weighted by atomic mass is 32.2. The van der Waals surface area contributed by atoms with Crippen molar-refractivity contribution in [1.82, 2.24) is 0 Å². The number of nitrogens with two attached hydrogens (primary N) is 1. The normalized spacial score (nSPS) is 13.7. The second-order valence-electron chi connectivity index (χ2n) is 5.12. The van der Waals surface area contributed by atoms with Gasteiger partial charge in [-0.1, -0.05) is 44.2 Å². The Kier molecular flexibility index (Phi) is 5.71. The van der Waals surface area contributed by atoms with Crippen molar-refractivity contribution in [3.05, 3.63) is 59.7 Å². The molecule has 0 aliphatic carbocycles. The maximum absolute atomic E-state index is 6.40. The second kappa shape index (κ2) is 7.53. The van der Waals surface area contributed by atoms with Crippen molar-refractivity contribution in [3.8, 4) is 5.75 Å². The van der Waals surface area contributed by atoms with Crippen molar-refractivity contribution >= 4 is 11.8 Å². The SMILES string of the molecule is CCc1ccc(C(N)C(C)Sc2cccc(OC)c2)cc1. The summed E-state index contributed by atoms with van der Waals surface area (Å²) in [7, 11) is 1.69. The standard InChI is InChI=1S/C18H23NOS/c1-4-14-8-10-15(11-9-14)18(19)13(2)21-17-7-5-6-16(12-17)20-3/h5-13,18H,4,19H2,1-3H3. The maximum Gasteiger partial charge on any atom is 0.119 e. The van der Waals surface area contributed by atoms with E-state index in [4.69, 9.17) is 10.5 Å². The van der Waals surface area contributed by atoms with Crippen LogP contribution < -0.4 is 10.5 Å². The zero-order valence-electron chi connectivity index (χ0n) is 12.9. The summed E-state index contributed by atoms with van der Waals surface area (Å²) in [6, 6.07) is 16.7. The van der Waals surface area contributed by atoms with Crippen LogP contribution in [0.4, 0.5) is 0 Å². The van der Waals surface area contributed by atoms with Gasteiger partial charge in [0.1, 0.15) is 5.75 Å². The molecule has 0 aliphatic rings. The quantitative estimate of drug-likeness (QED) is 0.801. The molecule has 3 heteroatoms. The largest absolute Gasteiger partial charge is 0.497 e. The van der Waals surface area contributed by atoms with Crippen molar-refractivity contribution in [2.24, 2.45) is 5.73 Å². The molecule has 0 saturated heterocycles. The predicted octanol–water partition coefficient (Wildman–Crippen LogP) is 4.44. The second-order valence-corrected chi connectivity index (χ2v) is 6.57. The van der Waals surface area contributed by atoms with Gasteiger partial charge >= 0.3 is 0 Å². The van der Waals surface area contributed by atoms with Gasteiger partial charge in [-0.05, 0) is 35.7 Å². The van der Waals surface area contributed by atoms with Crippen LogP contribution in [-0.2, 0) is 6.42 Å². The molecule has 0 spiro atoms. The number of ether oxygens (including phenoxy) is 1. The van der Waals surface area contributed by atoms with Gasteiger partial charge in [0.05, 0.1) is 7.11 Å². The van der Waals surface area contributed by atoms with Crippen molar-refractivity contribution < 1.29 is 4.74 Å². The molecule has 0 aromatic heterocycles. The van der Waals surface area contributed by atoms with Crippen LogP contribution in [0.2, 0.25) is 0 Å². The number of hydrogen-bond acceptors (Lipinski definition) is 3. The summed E-state index contributed by atoms with van der Waals surface area (Å²) >= 11 is 1.78. The summed E-state index contributed by atoms with van der Waals surface area (Å²) in [5.41, 5.74) is 8.93. The zero-order chi connectivity index (χ0) is 15.2. The Morgan fingerprint density at radius 2 is 1.86 bits per heavy atom. The van der Waals surface area contributed by atoms with E-state index in [0.717, 1.165) is 12.2 Å². The van der Waals surface area contributed by atoms with E-state index in [0.29, 0.717) is 5.25 Å². The number of hydrogen-bond donors (Lipinski definition) is 1. The average molecular weight is 301 g/mol. The van der Waals surface area contributed by atoms with Crippen molar-refractivity contribution in [1.29, 1.82) is 0 Å². The summed E-state index contributed by atoms with van der Waals surface area (Å²) in [5, 5.41) is 0.296. The van der Waals surface area contributed by atoms with Crippen LogP contribution in [0.1, 0.15) is 31.0 Å². The Morgan fingerprint density at radius 3 is 2.48 bits per heavy atom. The number of aryl methyl sites for hydroxylation is 1. The van der Waals surface area contributed by atoms with Crippen LogP contribution in [0.5, 0.6) is 5.75 Å². The fourth-order valence-corrected chi connectivity index (χ4v) is 3.28. The summed E-state index contributed by atoms with van der Waals surface area (Å²) in [5.74, 6) is 0.882. The van der Waals surface area contributed by atoms with Gasteiger partial charge in [-0.15, -0.1) is 11.8 Å². The van der Waals surface area contributed by atoms with E-state index in [1.807, 2.05) is 18.2 Å². The highest BCUT2D eigenvalue weighted by molar-refractivity contribution is 8.00. The van der Waals surface area contributed by atoms with E-state index in [9.17, 15) is 0 Å². The molecule has 0 radical (unpaired) electrons. The zero-order valence-corrected chi connectivity index (χ0v) is 13.7. The Hall–Kier alpha value is -1.45. The lowest BCUT2D eigenvalue weighted by Crippen LogP contribution is -2.21. The molecule has 0 amide bonds. The van der Waals surface area contributed by atoms with Gasteiger partial charge in [0.25, 0.3) is 0 Å². The van der Waals surface area contributed by atoms with Gasteiger partial charge in [0, 0.05) is 16.2 Å². The van der Waals surface area contributed by atoms with E-state index in [1.54, 1.807) is 18.9 Å². The monoisotopic (exact) mass is 301 g/mol. The molecule has 112 valence electrons. The van der Waals surface area contributed by atoms with Crippen LogP contribution >= 0.6 is 11.8 Å². The van der Waals surface area contributed by atoms with Crippen molar-refractivity contribution in [2.45, 2.75) is 36.5 Å². The molecule has 2 atom stereocenters. The number of thioether (sulfide) groups is 1. The smallest absolute Gasteiger partial charge is 0.119 e. The fraction of sp³-hybridized carbons (Fsp3) is 0.333. The van der Waals surface area contributed by atoms with Crippen LogP contribution in [0.25, 0.3) is 0 Å². The lowest BCUT2D eigenvalue weighted by atomic mass is 10.0. The molecule has 0 bridgehead atoms. The van der Waals surface area contributed by atoms with E-state index in [1.165, 1.54) is 16.0 Å². The van der Waals surface area contributed by atoms with Gasteiger partial charge in [0.15, 0.2) is 0 Å². The molecule has 0 saturated carbocycles. The Labute approximate surface area is 131 Å². The minimum Gasteiger partial charge on any atom is -0.497 e. The molecule has 2 nitrogen and oxygen atoms in total. The van der Waals surface area contributed by atoms with Gasteiger partial charge in [0.2, 0.25) is 0 Å². The lowest BCUT2D eigenvalue weighted by molar-refractivity contribution is 0.413. The van der Waals surface area contributed by atoms with Gasteiger partial charge in [-0.25, -0.2) is 0 Å². The van der Waals surface area contributed by atoms with Gasteiger partial charge in [-0.3, -0.25) is 0 Å². The first-order chi connectivity index (χ1) is 10.1. The maximum atomic E-state index is 6.40. The van der Waals surface area contributed by atoms with Crippen molar-refractivity contribution in [2.75, 3.05) is 7.11 Å². The first kappa shape index (κ1) is 15.9. The highest BCUT2D eigenvalue weighted by Crippen LogP contribution is 2.32. The van der Waals surface area contributed by atoms with E-state index < -0.39 is 0 Å². The molecule has 2 N–H and O–H groups in total. The number of rotatable bonds is 6. The van der Waals surface area contributed by atoms with Crippen LogP contribution in [0.3, 0.4) is 0 Å². The Morgan fingerprint density at radius 1 is 1.14 bits per heavy atom. The Balaban J connectivity index is 2.05. The van der Waals surface area contributed by atoms with Gasteiger partial charge in [-0.2, -0.15) is 0 Å². The first-order valence-corrected chi connectivity index (χ1v) is 8.17. The molecular formula is C18H23NOS. The van der Waals surface area contributed by atoms with Crippen molar-refractivity contribution in [3.63, 3.8) is 0 Å². The molecule has 2 aromatic rings. The topological polar surface area (TPSA) is 35.2 Å². The molecule has 0 aliphatic heterocycles. The lowest BCUT2D eigenvalue weighted by Gasteiger charge is -2.20. The number of methoxy groups -OCH3 is 1. The molecule has 2 unspecified atom stereocenters. The Bertz CT molecular complexity index is 568. The van der Waals surface area contributed by atoms with Crippen LogP contribution in [0.15, 0.2) is 53.4 Å². The van der Waals surface area contributed by atoms with Crippen LogP contribution in [0, 0.1) is 0 Å². The third-order valence-electron chi connectivity index (χ3n) is 3.64. The van der Waals surface area contributed by atoms with E-state index in [-0.39, 0.29) is 6.04 Å². The molecule has 2 rings (SSSR count). The molecule has 0 heterocycles. The molecule has 2 aromatic carbocycles. The summed E-state index contributed by atoms with van der Waals surface area (Å²) < 4.78 is 5.26. The average Bonchev–Trinajstić information content (AvgIpc) is 2.54. The highest BCUT2D eigenvalue weighted by Gasteiger charge is 2.16. The molecular weight excluding hydrogens is 278 g/mol. The van der Waals surface area contributed by atoms with E-state index >= 15 is 0 Å². The van der Waals surface area contributed by atoms with E-state index in [2.05, 4.69) is 44.2 Å². The van der Waals surface area contributed by atoms with Crippen LogP contribution in [-0.4, -0.2) is 12.4 Å². The molecule has 21 heavy (non-hydrogen) atoms. The number of benzene rings is 2. The minimum atomic E-state index is 0.0205. The minimum absolute atomic E-state index is 0.0205. The summed E-state index contributed by atoms with van der Waals surface area (Å²) in [4.78, 5) is 1.18. The molecule has 0 fully saturated rings. The first-order valence-electron chi connectivity index (χ1n) is 7.29. The third kappa shape index (κ3) is 4.26. The third-order valence-corrected chi connectivity index (χ3v) is 4.83. The summed E-state index contributed by atoms with van der Waals surface area (Å²) in [6.07, 6.45) is 1.06.